The van der Waals surface area contributed by atoms with Crippen LogP contribution in [0.15, 0.2) is 18.3 Å². The predicted octanol–water partition coefficient (Wildman–Crippen LogP) is 2.74. The fraction of sp³-hybridized carbons (Fsp3) is 0.389. The van der Waals surface area contributed by atoms with E-state index in [0.29, 0.717) is 34.5 Å². The number of ether oxygens (including phenoxy) is 1. The Kier molecular flexibility index (Phi) is 4.37. The fourth-order valence-electron chi connectivity index (χ4n) is 3.23. The lowest BCUT2D eigenvalue weighted by atomic mass is 10.2. The molecule has 0 spiro atoms. The van der Waals surface area contributed by atoms with E-state index in [1.54, 1.807) is 15.7 Å². The minimum absolute atomic E-state index is 0.205. The molecule has 136 valence electrons. The highest BCUT2D eigenvalue weighted by Gasteiger charge is 2.22. The molecule has 3 aromatic heterocycles. The average molecular weight is 371 g/mol. The molecule has 0 saturated carbocycles. The van der Waals surface area contributed by atoms with E-state index in [2.05, 4.69) is 27.2 Å². The second kappa shape index (κ2) is 6.69. The Bertz CT molecular complexity index is 978. The summed E-state index contributed by atoms with van der Waals surface area (Å²) >= 11 is 1.55. The van der Waals surface area contributed by atoms with Gasteiger partial charge in [0, 0.05) is 30.6 Å². The lowest BCUT2D eigenvalue weighted by Crippen LogP contribution is -2.25. The number of hydrogen-bond acceptors (Lipinski definition) is 6. The fourth-order valence-corrected chi connectivity index (χ4v) is 4.31. The van der Waals surface area contributed by atoms with Gasteiger partial charge < -0.3 is 9.64 Å². The molecule has 0 radical (unpaired) electrons. The summed E-state index contributed by atoms with van der Waals surface area (Å²) in [5.74, 6) is 0.466. The summed E-state index contributed by atoms with van der Waals surface area (Å²) in [5.41, 5.74) is 2.91. The molecule has 0 bridgehead atoms. The zero-order valence-electron chi connectivity index (χ0n) is 15.1. The molecule has 0 aromatic carbocycles. The van der Waals surface area contributed by atoms with Gasteiger partial charge in [0.1, 0.15) is 5.69 Å². The number of thiazole rings is 1. The van der Waals surface area contributed by atoms with Crippen LogP contribution in [0.2, 0.25) is 0 Å². The van der Waals surface area contributed by atoms with Crippen LogP contribution in [0.3, 0.4) is 0 Å². The number of pyridine rings is 1. The highest BCUT2D eigenvalue weighted by atomic mass is 32.1. The summed E-state index contributed by atoms with van der Waals surface area (Å²) in [7, 11) is 2.10. The maximum absolute atomic E-state index is 12.9. The van der Waals surface area contributed by atoms with Gasteiger partial charge in [-0.2, -0.15) is 0 Å². The van der Waals surface area contributed by atoms with Gasteiger partial charge in [-0.05, 0) is 33.0 Å². The SMILES string of the molecule is CCOc1cccn2c(C(=O)Nc3nc4c(s3)CN(C)CC4)c(C)nc12. The van der Waals surface area contributed by atoms with Crippen molar-refractivity contribution in [1.82, 2.24) is 19.3 Å². The smallest absolute Gasteiger partial charge is 0.276 e. The van der Waals surface area contributed by atoms with Gasteiger partial charge in [0.15, 0.2) is 16.5 Å². The molecule has 1 N–H and O–H groups in total. The third-order valence-electron chi connectivity index (χ3n) is 4.45. The van der Waals surface area contributed by atoms with Gasteiger partial charge in [0.25, 0.3) is 5.91 Å². The van der Waals surface area contributed by atoms with E-state index in [4.69, 9.17) is 4.74 Å². The number of imidazole rings is 1. The second-order valence-corrected chi connectivity index (χ2v) is 7.46. The second-order valence-electron chi connectivity index (χ2n) is 6.38. The molecule has 1 amide bonds. The van der Waals surface area contributed by atoms with Crippen molar-refractivity contribution in [2.45, 2.75) is 26.8 Å². The van der Waals surface area contributed by atoms with Crippen molar-refractivity contribution >= 4 is 28.0 Å². The molecule has 8 heteroatoms. The van der Waals surface area contributed by atoms with Crippen molar-refractivity contribution in [1.29, 1.82) is 0 Å². The van der Waals surface area contributed by atoms with E-state index in [1.165, 1.54) is 4.88 Å². The van der Waals surface area contributed by atoms with Crippen molar-refractivity contribution in [3.63, 3.8) is 0 Å². The number of aryl methyl sites for hydroxylation is 1. The number of carbonyl (C=O) groups excluding carboxylic acids is 1. The van der Waals surface area contributed by atoms with Gasteiger partial charge in [-0.3, -0.25) is 14.5 Å². The lowest BCUT2D eigenvalue weighted by molar-refractivity contribution is 0.102. The predicted molar refractivity (Wildman–Crippen MR) is 101 cm³/mol. The molecule has 1 aliphatic heterocycles. The van der Waals surface area contributed by atoms with Crippen LogP contribution in [-0.2, 0) is 13.0 Å². The molecule has 0 aliphatic carbocycles. The zero-order valence-corrected chi connectivity index (χ0v) is 15.9. The van der Waals surface area contributed by atoms with Crippen molar-refractivity contribution < 1.29 is 9.53 Å². The standard InChI is InChI=1S/C18H21N5O2S/c1-4-25-13-6-5-8-23-15(11(2)19-16(13)23)17(24)21-18-20-12-7-9-22(3)10-14(12)26-18/h5-6,8H,4,7,9-10H2,1-3H3,(H,20,21,24). The quantitative estimate of drug-likeness (QED) is 0.763. The van der Waals surface area contributed by atoms with Gasteiger partial charge in [-0.25, -0.2) is 9.97 Å². The molecule has 4 heterocycles. The molecule has 26 heavy (non-hydrogen) atoms. The van der Waals surface area contributed by atoms with E-state index in [9.17, 15) is 4.79 Å². The largest absolute Gasteiger partial charge is 0.490 e. The van der Waals surface area contributed by atoms with Gasteiger partial charge in [0.2, 0.25) is 0 Å². The molecule has 0 unspecified atom stereocenters. The third-order valence-corrected chi connectivity index (χ3v) is 5.44. The van der Waals surface area contributed by atoms with Crippen LogP contribution < -0.4 is 10.1 Å². The van der Waals surface area contributed by atoms with Gasteiger partial charge in [-0.1, -0.05) is 0 Å². The molecular formula is C18H21N5O2S. The Morgan fingerprint density at radius 1 is 1.42 bits per heavy atom. The topological polar surface area (TPSA) is 71.8 Å². The van der Waals surface area contributed by atoms with Gasteiger partial charge >= 0.3 is 0 Å². The molecule has 1 aliphatic rings. The number of hydrogen-bond donors (Lipinski definition) is 1. The monoisotopic (exact) mass is 371 g/mol. The van der Waals surface area contributed by atoms with Crippen LogP contribution in [0.1, 0.15) is 33.7 Å². The Morgan fingerprint density at radius 2 is 2.27 bits per heavy atom. The average Bonchev–Trinajstić information content (AvgIpc) is 3.14. The Balaban J connectivity index is 1.65. The Hall–Kier alpha value is -2.45. The molecular weight excluding hydrogens is 350 g/mol. The van der Waals surface area contributed by atoms with Crippen LogP contribution in [0, 0.1) is 6.92 Å². The highest BCUT2D eigenvalue weighted by Crippen LogP contribution is 2.29. The van der Waals surface area contributed by atoms with Crippen LogP contribution in [-0.4, -0.2) is 45.4 Å². The van der Waals surface area contributed by atoms with Crippen LogP contribution >= 0.6 is 11.3 Å². The van der Waals surface area contributed by atoms with Gasteiger partial charge in [0.05, 0.1) is 18.0 Å². The molecule has 7 nitrogen and oxygen atoms in total. The summed E-state index contributed by atoms with van der Waals surface area (Å²) in [4.78, 5) is 25.5. The first-order valence-corrected chi connectivity index (χ1v) is 9.47. The Labute approximate surface area is 155 Å². The van der Waals surface area contributed by atoms with Crippen molar-refractivity contribution in [2.75, 3.05) is 25.5 Å². The third kappa shape index (κ3) is 2.95. The number of rotatable bonds is 4. The first-order valence-electron chi connectivity index (χ1n) is 8.65. The molecule has 4 rings (SSSR count). The molecule has 0 fully saturated rings. The maximum atomic E-state index is 12.9. The minimum atomic E-state index is -0.205. The minimum Gasteiger partial charge on any atom is -0.490 e. The summed E-state index contributed by atoms with van der Waals surface area (Å²) in [6.07, 6.45) is 2.75. The van der Waals surface area contributed by atoms with Crippen molar-refractivity contribution in [2.24, 2.45) is 0 Å². The molecule has 3 aromatic rings. The number of nitrogens with one attached hydrogen (secondary N) is 1. The number of aromatic nitrogens is 3. The number of carbonyl (C=O) groups is 1. The molecule has 0 atom stereocenters. The number of likely N-dealkylation sites (N-methyl/N-ethyl adjacent to an activating group) is 1. The molecule has 0 saturated heterocycles. The first kappa shape index (κ1) is 17.0. The van der Waals surface area contributed by atoms with E-state index in [1.807, 2.05) is 32.2 Å². The summed E-state index contributed by atoms with van der Waals surface area (Å²) < 4.78 is 7.40. The van der Waals surface area contributed by atoms with Crippen LogP contribution in [0.25, 0.3) is 5.65 Å². The van der Waals surface area contributed by atoms with Crippen LogP contribution in [0.5, 0.6) is 5.75 Å². The van der Waals surface area contributed by atoms with Gasteiger partial charge in [-0.15, -0.1) is 11.3 Å². The number of amides is 1. The number of anilines is 1. The van der Waals surface area contributed by atoms with Crippen molar-refractivity contribution in [3.05, 3.63) is 40.3 Å². The van der Waals surface area contributed by atoms with E-state index >= 15 is 0 Å². The Morgan fingerprint density at radius 3 is 3.08 bits per heavy atom. The van der Waals surface area contributed by atoms with E-state index < -0.39 is 0 Å². The summed E-state index contributed by atoms with van der Waals surface area (Å²) in [5, 5.41) is 3.59. The zero-order chi connectivity index (χ0) is 18.3. The maximum Gasteiger partial charge on any atom is 0.276 e. The lowest BCUT2D eigenvalue weighted by Gasteiger charge is -2.20. The summed E-state index contributed by atoms with van der Waals surface area (Å²) in [6, 6.07) is 3.71. The highest BCUT2D eigenvalue weighted by molar-refractivity contribution is 7.15. The number of fused-ring (bicyclic) bond motifs is 2. The van der Waals surface area contributed by atoms with Crippen molar-refractivity contribution in [3.8, 4) is 5.75 Å². The first-order chi connectivity index (χ1) is 12.6. The van der Waals surface area contributed by atoms with E-state index in [0.717, 1.165) is 25.2 Å². The van der Waals surface area contributed by atoms with E-state index in [-0.39, 0.29) is 5.91 Å². The normalized spacial score (nSPS) is 14.4. The number of nitrogens with zero attached hydrogens (tertiary/aromatic N) is 4. The summed E-state index contributed by atoms with van der Waals surface area (Å²) in [6.45, 7) is 6.19. The van der Waals surface area contributed by atoms with Crippen LogP contribution in [0.4, 0.5) is 5.13 Å².